The molecule has 0 bridgehead atoms. The Kier molecular flexibility index (Phi) is 3.13. The first-order valence-electron chi connectivity index (χ1n) is 5.14. The molecule has 82 valence electrons. The van der Waals surface area contributed by atoms with Gasteiger partial charge in [0.2, 0.25) is 0 Å². The Hall–Kier alpha value is -1.20. The molecule has 2 heterocycles. The van der Waals surface area contributed by atoms with Crippen molar-refractivity contribution in [3.63, 3.8) is 0 Å². The minimum Gasteiger partial charge on any atom is -0.396 e. The van der Waals surface area contributed by atoms with Gasteiger partial charge >= 0.3 is 0 Å². The number of fused-ring (bicyclic) bond motifs is 1. The maximum atomic E-state index is 8.72. The Morgan fingerprint density at radius 1 is 1.40 bits per heavy atom. The number of nitrogens with two attached hydrogens (primary N) is 1. The van der Waals surface area contributed by atoms with Gasteiger partial charge < -0.3 is 15.6 Å². The fourth-order valence-corrected chi connectivity index (χ4v) is 1.69. The molecule has 15 heavy (non-hydrogen) atoms. The van der Waals surface area contributed by atoms with Crippen LogP contribution in [0.3, 0.4) is 0 Å². The predicted octanol–water partition coefficient (Wildman–Crippen LogP) is 0.0564. The summed E-state index contributed by atoms with van der Waals surface area (Å²) < 4.78 is 5.32. The molecule has 3 N–H and O–H groups in total. The summed E-state index contributed by atoms with van der Waals surface area (Å²) in [7, 11) is 0. The van der Waals surface area contributed by atoms with Gasteiger partial charge in [-0.3, -0.25) is 0 Å². The lowest BCUT2D eigenvalue weighted by atomic mass is 10.1. The standard InChI is InChI=1S/C10H15N3O2/c11-10-7-3-5-15-6-8(7)12-9(13-10)2-1-4-14/h14H,1-6H2,(H2,11,12,13). The van der Waals surface area contributed by atoms with Crippen LogP contribution in [0.15, 0.2) is 0 Å². The van der Waals surface area contributed by atoms with Crippen molar-refractivity contribution >= 4 is 5.82 Å². The molecule has 0 radical (unpaired) electrons. The summed E-state index contributed by atoms with van der Waals surface area (Å²) in [5.41, 5.74) is 7.77. The van der Waals surface area contributed by atoms with E-state index in [9.17, 15) is 0 Å². The van der Waals surface area contributed by atoms with Gasteiger partial charge in [0, 0.05) is 25.0 Å². The van der Waals surface area contributed by atoms with Gasteiger partial charge in [0.25, 0.3) is 0 Å². The van der Waals surface area contributed by atoms with Crippen LogP contribution in [0.5, 0.6) is 0 Å². The number of nitrogen functional groups attached to an aromatic ring is 1. The van der Waals surface area contributed by atoms with Crippen molar-refractivity contribution < 1.29 is 9.84 Å². The van der Waals surface area contributed by atoms with Gasteiger partial charge in [0.15, 0.2) is 0 Å². The van der Waals surface area contributed by atoms with E-state index in [1.807, 2.05) is 0 Å². The van der Waals surface area contributed by atoms with E-state index in [2.05, 4.69) is 9.97 Å². The van der Waals surface area contributed by atoms with Crippen LogP contribution in [-0.4, -0.2) is 28.3 Å². The molecule has 0 saturated carbocycles. The van der Waals surface area contributed by atoms with E-state index in [1.165, 1.54) is 0 Å². The maximum Gasteiger partial charge on any atom is 0.131 e. The fourth-order valence-electron chi connectivity index (χ4n) is 1.69. The molecular weight excluding hydrogens is 194 g/mol. The summed E-state index contributed by atoms with van der Waals surface area (Å²) in [6, 6.07) is 0. The molecule has 0 aliphatic carbocycles. The van der Waals surface area contributed by atoms with E-state index in [4.69, 9.17) is 15.6 Å². The van der Waals surface area contributed by atoms with Crippen LogP contribution in [0.1, 0.15) is 23.5 Å². The normalized spacial score (nSPS) is 15.0. The second-order valence-electron chi connectivity index (χ2n) is 3.58. The molecule has 1 aliphatic rings. The number of hydrogen-bond acceptors (Lipinski definition) is 5. The summed E-state index contributed by atoms with van der Waals surface area (Å²) >= 11 is 0. The first kappa shape index (κ1) is 10.3. The number of ether oxygens (including phenoxy) is 1. The first-order chi connectivity index (χ1) is 7.31. The summed E-state index contributed by atoms with van der Waals surface area (Å²) in [6.07, 6.45) is 2.12. The van der Waals surface area contributed by atoms with Crippen molar-refractivity contribution in [2.24, 2.45) is 0 Å². The predicted molar refractivity (Wildman–Crippen MR) is 55.2 cm³/mol. The Morgan fingerprint density at radius 2 is 2.27 bits per heavy atom. The number of aliphatic hydroxyl groups excluding tert-OH is 1. The third-order valence-corrected chi connectivity index (χ3v) is 2.46. The molecule has 0 amide bonds. The number of rotatable bonds is 3. The Balaban J connectivity index is 2.24. The molecule has 0 atom stereocenters. The summed E-state index contributed by atoms with van der Waals surface area (Å²) in [6.45, 7) is 1.36. The second kappa shape index (κ2) is 4.55. The first-order valence-corrected chi connectivity index (χ1v) is 5.14. The molecule has 5 nitrogen and oxygen atoms in total. The highest BCUT2D eigenvalue weighted by Gasteiger charge is 2.16. The summed E-state index contributed by atoms with van der Waals surface area (Å²) in [4.78, 5) is 8.61. The summed E-state index contributed by atoms with van der Waals surface area (Å²) in [5.74, 6) is 1.27. The van der Waals surface area contributed by atoms with Crippen LogP contribution < -0.4 is 5.73 Å². The topological polar surface area (TPSA) is 81.3 Å². The zero-order valence-corrected chi connectivity index (χ0v) is 8.57. The SMILES string of the molecule is Nc1nc(CCCO)nc2c1CCOC2. The largest absolute Gasteiger partial charge is 0.396 e. The van der Waals surface area contributed by atoms with Crippen LogP contribution in [-0.2, 0) is 24.2 Å². The van der Waals surface area contributed by atoms with E-state index < -0.39 is 0 Å². The lowest BCUT2D eigenvalue weighted by Crippen LogP contribution is -2.17. The van der Waals surface area contributed by atoms with Crippen molar-refractivity contribution in [1.82, 2.24) is 9.97 Å². The highest BCUT2D eigenvalue weighted by molar-refractivity contribution is 5.43. The number of hydrogen-bond donors (Lipinski definition) is 2. The molecular formula is C10H15N3O2. The number of anilines is 1. The van der Waals surface area contributed by atoms with Crippen LogP contribution in [0.2, 0.25) is 0 Å². The highest BCUT2D eigenvalue weighted by Crippen LogP contribution is 2.19. The zero-order chi connectivity index (χ0) is 10.7. The summed E-state index contributed by atoms with van der Waals surface area (Å²) in [5, 5.41) is 8.72. The third-order valence-electron chi connectivity index (χ3n) is 2.46. The molecule has 2 rings (SSSR count). The van der Waals surface area contributed by atoms with Crippen molar-refractivity contribution in [2.45, 2.75) is 25.9 Å². The van der Waals surface area contributed by atoms with Gasteiger partial charge in [-0.2, -0.15) is 0 Å². The van der Waals surface area contributed by atoms with Crippen molar-refractivity contribution in [1.29, 1.82) is 0 Å². The molecule has 5 heteroatoms. The Labute approximate surface area is 88.3 Å². The van der Waals surface area contributed by atoms with Crippen molar-refractivity contribution in [3.05, 3.63) is 17.1 Å². The van der Waals surface area contributed by atoms with Gasteiger partial charge in [0.05, 0.1) is 18.9 Å². The quantitative estimate of drug-likeness (QED) is 0.735. The molecule has 0 unspecified atom stereocenters. The Morgan fingerprint density at radius 3 is 3.07 bits per heavy atom. The third kappa shape index (κ3) is 2.24. The fraction of sp³-hybridized carbons (Fsp3) is 0.600. The number of nitrogens with zero attached hydrogens (tertiary/aromatic N) is 2. The van der Waals surface area contributed by atoms with Gasteiger partial charge in [-0.05, 0) is 6.42 Å². The van der Waals surface area contributed by atoms with Gasteiger partial charge in [-0.1, -0.05) is 0 Å². The average Bonchev–Trinajstić information content (AvgIpc) is 2.26. The van der Waals surface area contributed by atoms with E-state index in [-0.39, 0.29) is 6.61 Å². The molecule has 0 spiro atoms. The number of aryl methyl sites for hydroxylation is 1. The van der Waals surface area contributed by atoms with Crippen LogP contribution >= 0.6 is 0 Å². The zero-order valence-electron chi connectivity index (χ0n) is 8.57. The van der Waals surface area contributed by atoms with E-state index in [1.54, 1.807) is 0 Å². The van der Waals surface area contributed by atoms with Crippen LogP contribution in [0.25, 0.3) is 0 Å². The van der Waals surface area contributed by atoms with Gasteiger partial charge in [-0.15, -0.1) is 0 Å². The minimum atomic E-state index is 0.150. The smallest absolute Gasteiger partial charge is 0.131 e. The highest BCUT2D eigenvalue weighted by atomic mass is 16.5. The van der Waals surface area contributed by atoms with Crippen molar-refractivity contribution in [3.8, 4) is 0 Å². The average molecular weight is 209 g/mol. The lowest BCUT2D eigenvalue weighted by Gasteiger charge is -2.17. The van der Waals surface area contributed by atoms with Gasteiger partial charge in [0.1, 0.15) is 11.6 Å². The van der Waals surface area contributed by atoms with E-state index in [0.29, 0.717) is 37.7 Å². The molecule has 0 saturated heterocycles. The maximum absolute atomic E-state index is 8.72. The van der Waals surface area contributed by atoms with Crippen molar-refractivity contribution in [2.75, 3.05) is 18.9 Å². The second-order valence-corrected chi connectivity index (χ2v) is 3.58. The molecule has 1 aromatic rings. The van der Waals surface area contributed by atoms with E-state index in [0.717, 1.165) is 17.7 Å². The minimum absolute atomic E-state index is 0.150. The molecule has 0 fully saturated rings. The Bertz CT molecular complexity index is 355. The van der Waals surface area contributed by atoms with E-state index >= 15 is 0 Å². The molecule has 1 aromatic heterocycles. The van der Waals surface area contributed by atoms with Crippen LogP contribution in [0.4, 0.5) is 5.82 Å². The lowest BCUT2D eigenvalue weighted by molar-refractivity contribution is 0.107. The molecule has 1 aliphatic heterocycles. The molecule has 0 aromatic carbocycles. The monoisotopic (exact) mass is 209 g/mol. The number of aliphatic hydroxyl groups is 1. The number of aromatic nitrogens is 2. The van der Waals surface area contributed by atoms with Gasteiger partial charge in [-0.25, -0.2) is 9.97 Å². The van der Waals surface area contributed by atoms with Crippen LogP contribution in [0, 0.1) is 0 Å².